The van der Waals surface area contributed by atoms with Gasteiger partial charge in [0.2, 0.25) is 0 Å². The second kappa shape index (κ2) is 13.0. The second-order valence-corrected chi connectivity index (χ2v) is 15.9. The van der Waals surface area contributed by atoms with E-state index in [1.807, 2.05) is 12.1 Å². The van der Waals surface area contributed by atoms with Crippen molar-refractivity contribution >= 4 is 27.5 Å². The summed E-state index contributed by atoms with van der Waals surface area (Å²) in [7, 11) is -5.33. The lowest BCUT2D eigenvalue weighted by molar-refractivity contribution is 0.110. The van der Waals surface area contributed by atoms with Crippen molar-refractivity contribution < 1.29 is 17.7 Å². The van der Waals surface area contributed by atoms with Gasteiger partial charge in [-0.15, -0.1) is 0 Å². The molecule has 0 amide bonds. The number of rotatable bonds is 14. The molecule has 2 aromatic rings. The van der Waals surface area contributed by atoms with E-state index in [-0.39, 0.29) is 24.4 Å². The van der Waals surface area contributed by atoms with Crippen LogP contribution in [0.25, 0.3) is 0 Å². The summed E-state index contributed by atoms with van der Waals surface area (Å²) in [6.07, 6.45) is 1.27. The molecular weight excluding hydrogens is 444 g/mol. The summed E-state index contributed by atoms with van der Waals surface area (Å²) >= 11 is 0. The van der Waals surface area contributed by atoms with Crippen molar-refractivity contribution in [1.29, 1.82) is 0 Å². The van der Waals surface area contributed by atoms with E-state index >= 15 is 0 Å². The zero-order chi connectivity index (χ0) is 24.5. The standard InChI is InChI=1S/C27H44O4Si2/c1-22(2)28-32(29-23(3)4,26-16-11-9-12-17-26)20-15-21-33(30-24(5)6,31-25(7)8)27-18-13-10-14-19-27/h9-14,16-19,22-25H,15,20-21H2,1-8H3. The maximum absolute atomic E-state index is 6.67. The van der Waals surface area contributed by atoms with Gasteiger partial charge in [-0.1, -0.05) is 60.7 Å². The van der Waals surface area contributed by atoms with Crippen LogP contribution >= 0.6 is 0 Å². The lowest BCUT2D eigenvalue weighted by atomic mass is 10.4. The molecule has 0 bridgehead atoms. The van der Waals surface area contributed by atoms with Crippen LogP contribution in [-0.4, -0.2) is 41.5 Å². The monoisotopic (exact) mass is 488 g/mol. The molecule has 0 unspecified atom stereocenters. The Bertz CT molecular complexity index is 707. The van der Waals surface area contributed by atoms with Crippen molar-refractivity contribution in [2.24, 2.45) is 0 Å². The Labute approximate surface area is 204 Å². The maximum atomic E-state index is 6.67. The van der Waals surface area contributed by atoms with Crippen molar-refractivity contribution in [1.82, 2.24) is 0 Å². The fourth-order valence-corrected chi connectivity index (χ4v) is 12.1. The first-order valence-electron chi connectivity index (χ1n) is 12.4. The summed E-state index contributed by atoms with van der Waals surface area (Å²) in [5, 5.41) is 2.38. The van der Waals surface area contributed by atoms with Gasteiger partial charge in [0, 0.05) is 24.4 Å². The Morgan fingerprint density at radius 3 is 1.00 bits per heavy atom. The molecule has 0 aliphatic rings. The fraction of sp³-hybridized carbons (Fsp3) is 0.556. The van der Waals surface area contributed by atoms with Crippen LogP contribution in [0.15, 0.2) is 60.7 Å². The molecule has 0 spiro atoms. The van der Waals surface area contributed by atoms with Crippen molar-refractivity contribution in [3.63, 3.8) is 0 Å². The first kappa shape index (κ1) is 28.0. The predicted molar refractivity (Wildman–Crippen MR) is 143 cm³/mol. The molecule has 0 saturated heterocycles. The normalized spacial score (nSPS) is 13.0. The van der Waals surface area contributed by atoms with Gasteiger partial charge in [0.1, 0.15) is 0 Å². The minimum Gasteiger partial charge on any atom is -0.388 e. The molecule has 184 valence electrons. The fourth-order valence-electron chi connectivity index (χ4n) is 4.31. The highest BCUT2D eigenvalue weighted by molar-refractivity contribution is 6.82. The highest BCUT2D eigenvalue weighted by Gasteiger charge is 2.46. The summed E-state index contributed by atoms with van der Waals surface area (Å²) in [6, 6.07) is 22.8. The second-order valence-electron chi connectivity index (χ2n) is 9.76. The molecule has 0 N–H and O–H groups in total. The minimum absolute atomic E-state index is 0.0885. The molecule has 0 fully saturated rings. The molecule has 0 radical (unpaired) electrons. The molecule has 0 atom stereocenters. The summed E-state index contributed by atoms with van der Waals surface area (Å²) in [5.41, 5.74) is 0. The molecule has 0 aliphatic carbocycles. The average Bonchev–Trinajstić information content (AvgIpc) is 2.73. The van der Waals surface area contributed by atoms with E-state index in [0.717, 1.165) is 18.5 Å². The van der Waals surface area contributed by atoms with Gasteiger partial charge in [-0.3, -0.25) is 0 Å². The highest BCUT2D eigenvalue weighted by atomic mass is 28.4. The first-order chi connectivity index (χ1) is 15.6. The third-order valence-corrected chi connectivity index (χ3v) is 13.0. The Balaban J connectivity index is 2.40. The zero-order valence-electron chi connectivity index (χ0n) is 21.8. The molecule has 33 heavy (non-hydrogen) atoms. The summed E-state index contributed by atoms with van der Waals surface area (Å²) in [5.74, 6) is 0. The van der Waals surface area contributed by atoms with E-state index in [0.29, 0.717) is 0 Å². The molecule has 2 aromatic carbocycles. The topological polar surface area (TPSA) is 36.9 Å². The molecular formula is C27H44O4Si2. The van der Waals surface area contributed by atoms with Crippen LogP contribution in [0.4, 0.5) is 0 Å². The van der Waals surface area contributed by atoms with Gasteiger partial charge in [0.15, 0.2) is 0 Å². The molecule has 0 heterocycles. The number of hydrogen-bond acceptors (Lipinski definition) is 4. The van der Waals surface area contributed by atoms with E-state index in [1.54, 1.807) is 0 Å². The first-order valence-corrected chi connectivity index (χ1v) is 16.5. The van der Waals surface area contributed by atoms with Crippen LogP contribution < -0.4 is 10.4 Å². The van der Waals surface area contributed by atoms with Crippen LogP contribution in [-0.2, 0) is 17.7 Å². The SMILES string of the molecule is CC(C)O[Si](CCC[Si](OC(C)C)(OC(C)C)c1ccccc1)(OC(C)C)c1ccccc1. The van der Waals surface area contributed by atoms with Gasteiger partial charge in [-0.05, 0) is 84.3 Å². The molecule has 0 aliphatic heterocycles. The van der Waals surface area contributed by atoms with Crippen molar-refractivity contribution in [3.8, 4) is 0 Å². The molecule has 0 saturated carbocycles. The summed E-state index contributed by atoms with van der Waals surface area (Å²) < 4.78 is 26.7. The van der Waals surface area contributed by atoms with Crippen molar-refractivity contribution in [2.75, 3.05) is 0 Å². The highest BCUT2D eigenvalue weighted by Crippen LogP contribution is 2.27. The Morgan fingerprint density at radius 2 is 0.758 bits per heavy atom. The molecule has 0 aromatic heterocycles. The number of hydrogen-bond donors (Lipinski definition) is 0. The van der Waals surface area contributed by atoms with E-state index in [1.165, 1.54) is 10.4 Å². The van der Waals surface area contributed by atoms with Gasteiger partial charge in [0.25, 0.3) is 0 Å². The largest absolute Gasteiger partial charge is 0.388 e. The van der Waals surface area contributed by atoms with E-state index in [9.17, 15) is 0 Å². The minimum atomic E-state index is -2.67. The summed E-state index contributed by atoms with van der Waals surface area (Å²) in [4.78, 5) is 0. The van der Waals surface area contributed by atoms with Crippen molar-refractivity contribution in [2.45, 2.75) is 98.3 Å². The van der Waals surface area contributed by atoms with Gasteiger partial charge in [-0.25, -0.2) is 0 Å². The molecule has 4 nitrogen and oxygen atoms in total. The van der Waals surface area contributed by atoms with E-state index < -0.39 is 17.1 Å². The van der Waals surface area contributed by atoms with E-state index in [4.69, 9.17) is 17.7 Å². The van der Waals surface area contributed by atoms with Gasteiger partial charge in [0.05, 0.1) is 0 Å². The Kier molecular flexibility index (Phi) is 11.0. The third-order valence-electron chi connectivity index (χ3n) is 5.14. The Hall–Kier alpha value is -1.29. The van der Waals surface area contributed by atoms with Crippen LogP contribution in [0.1, 0.15) is 61.8 Å². The predicted octanol–water partition coefficient (Wildman–Crippen LogP) is 5.78. The smallest absolute Gasteiger partial charge is 0.372 e. The molecule has 6 heteroatoms. The molecule has 2 rings (SSSR count). The van der Waals surface area contributed by atoms with Crippen LogP contribution in [0.5, 0.6) is 0 Å². The van der Waals surface area contributed by atoms with Crippen LogP contribution in [0, 0.1) is 0 Å². The van der Waals surface area contributed by atoms with Gasteiger partial charge in [-0.2, -0.15) is 0 Å². The number of benzene rings is 2. The summed E-state index contributed by atoms with van der Waals surface area (Å²) in [6.45, 7) is 16.8. The van der Waals surface area contributed by atoms with Gasteiger partial charge < -0.3 is 17.7 Å². The van der Waals surface area contributed by atoms with Crippen LogP contribution in [0.3, 0.4) is 0 Å². The average molecular weight is 489 g/mol. The van der Waals surface area contributed by atoms with E-state index in [2.05, 4.69) is 104 Å². The maximum Gasteiger partial charge on any atom is 0.372 e. The van der Waals surface area contributed by atoms with Gasteiger partial charge >= 0.3 is 17.1 Å². The zero-order valence-corrected chi connectivity index (χ0v) is 23.8. The lowest BCUT2D eigenvalue weighted by Gasteiger charge is -2.37. The Morgan fingerprint density at radius 1 is 0.485 bits per heavy atom. The lowest BCUT2D eigenvalue weighted by Crippen LogP contribution is -2.58. The van der Waals surface area contributed by atoms with Crippen LogP contribution in [0.2, 0.25) is 12.1 Å². The van der Waals surface area contributed by atoms with Crippen molar-refractivity contribution in [3.05, 3.63) is 60.7 Å². The quantitative estimate of drug-likeness (QED) is 0.316. The third kappa shape index (κ3) is 8.46.